The maximum absolute atomic E-state index is 12.1. The summed E-state index contributed by atoms with van der Waals surface area (Å²) in [6.07, 6.45) is 2.48. The molecule has 1 fully saturated rings. The highest BCUT2D eigenvalue weighted by atomic mass is 35.5. The van der Waals surface area contributed by atoms with Gasteiger partial charge < -0.3 is 9.29 Å². The molecule has 0 radical (unpaired) electrons. The topological polar surface area (TPSA) is 44.7 Å². The molecule has 116 valence electrons. The Bertz CT molecular complexity index is 536. The summed E-state index contributed by atoms with van der Waals surface area (Å²) in [5.41, 5.74) is 1.62. The summed E-state index contributed by atoms with van der Waals surface area (Å²) in [5.74, 6) is 1.35. The molecule has 0 aliphatic heterocycles. The first-order chi connectivity index (χ1) is 9.77. The predicted octanol–water partition coefficient (Wildman–Crippen LogP) is 4.40. The second kappa shape index (κ2) is 6.59. The van der Waals surface area contributed by atoms with Crippen LogP contribution in [0.5, 0.6) is 5.75 Å². The van der Waals surface area contributed by atoms with Gasteiger partial charge in [0.1, 0.15) is 21.9 Å². The van der Waals surface area contributed by atoms with Gasteiger partial charge in [0, 0.05) is 5.56 Å². The van der Waals surface area contributed by atoms with Crippen molar-refractivity contribution in [3.05, 3.63) is 28.8 Å². The lowest BCUT2D eigenvalue weighted by atomic mass is 10.1. The molecule has 1 atom stereocenters. The molecule has 0 spiro atoms. The van der Waals surface area contributed by atoms with Gasteiger partial charge in [-0.05, 0) is 58.6 Å². The van der Waals surface area contributed by atoms with Gasteiger partial charge in [0.2, 0.25) is 0 Å². The highest BCUT2D eigenvalue weighted by molar-refractivity contribution is 7.91. The predicted molar refractivity (Wildman–Crippen MR) is 89.8 cm³/mol. The normalized spacial score (nSPS) is 17.7. The lowest BCUT2D eigenvalue weighted by Crippen LogP contribution is -2.26. The Morgan fingerprint density at radius 2 is 2.10 bits per heavy atom. The smallest absolute Gasteiger partial charge is 0.144 e. The van der Waals surface area contributed by atoms with E-state index in [1.807, 2.05) is 39.8 Å². The summed E-state index contributed by atoms with van der Waals surface area (Å²) in [7, 11) is 0. The van der Waals surface area contributed by atoms with E-state index in [4.69, 9.17) is 16.3 Å². The average Bonchev–Trinajstić information content (AvgIpc) is 3.20. The first-order valence-corrected chi connectivity index (χ1v) is 8.66. The molecular formula is C16H22ClNO2S. The molecule has 5 heteroatoms. The zero-order chi connectivity index (χ0) is 15.6. The standard InChI is InChI=1S/C16H22ClNO2S/c1-11(18-21(19)16(2,3)4)13-7-8-14(17)15(9-13)20-10-12-5-6-12/h7-9,12H,5-6,10H2,1-4H3/b18-11-. The van der Waals surface area contributed by atoms with E-state index in [0.717, 1.165) is 11.3 Å². The third-order valence-electron chi connectivity index (χ3n) is 3.26. The van der Waals surface area contributed by atoms with E-state index in [-0.39, 0.29) is 4.75 Å². The van der Waals surface area contributed by atoms with Crippen LogP contribution in [0.15, 0.2) is 22.6 Å². The molecule has 1 saturated carbocycles. The molecule has 0 heterocycles. The quantitative estimate of drug-likeness (QED) is 0.594. The van der Waals surface area contributed by atoms with E-state index in [9.17, 15) is 4.55 Å². The average molecular weight is 328 g/mol. The Labute approximate surface area is 135 Å². The molecule has 21 heavy (non-hydrogen) atoms. The molecule has 1 aromatic carbocycles. The van der Waals surface area contributed by atoms with Crippen molar-refractivity contribution < 1.29 is 9.29 Å². The van der Waals surface area contributed by atoms with Gasteiger partial charge in [-0.3, -0.25) is 0 Å². The highest BCUT2D eigenvalue weighted by Crippen LogP contribution is 2.32. The Hall–Kier alpha value is -0.710. The van der Waals surface area contributed by atoms with Gasteiger partial charge in [-0.25, -0.2) is 0 Å². The highest BCUT2D eigenvalue weighted by Gasteiger charge is 2.27. The second-order valence-corrected chi connectivity index (χ2v) is 8.75. The molecule has 0 N–H and O–H groups in total. The van der Waals surface area contributed by atoms with Crippen LogP contribution in [0.25, 0.3) is 0 Å². The molecule has 1 aliphatic carbocycles. The van der Waals surface area contributed by atoms with E-state index in [2.05, 4.69) is 4.40 Å². The lowest BCUT2D eigenvalue weighted by Gasteiger charge is -2.19. The van der Waals surface area contributed by atoms with E-state index in [1.54, 1.807) is 6.07 Å². The number of nitrogens with zero attached hydrogens (tertiary/aromatic N) is 1. The minimum Gasteiger partial charge on any atom is -0.591 e. The molecule has 1 aliphatic rings. The number of benzene rings is 1. The van der Waals surface area contributed by atoms with Crippen LogP contribution in [0.1, 0.15) is 46.1 Å². The van der Waals surface area contributed by atoms with Gasteiger partial charge in [-0.2, -0.15) is 0 Å². The zero-order valence-corrected chi connectivity index (χ0v) is 14.6. The van der Waals surface area contributed by atoms with E-state index < -0.39 is 11.4 Å². The first kappa shape index (κ1) is 16.7. The number of ether oxygens (including phenoxy) is 1. The van der Waals surface area contributed by atoms with Crippen LogP contribution in [-0.2, 0) is 11.4 Å². The molecule has 1 unspecified atom stereocenters. The van der Waals surface area contributed by atoms with Crippen molar-refractivity contribution in [2.24, 2.45) is 10.3 Å². The number of hydrogen-bond donors (Lipinski definition) is 0. The maximum atomic E-state index is 12.1. The molecule has 2 rings (SSSR count). The second-order valence-electron chi connectivity index (χ2n) is 6.44. The van der Waals surface area contributed by atoms with Gasteiger partial charge in [0.05, 0.1) is 17.3 Å². The van der Waals surface area contributed by atoms with Crippen molar-refractivity contribution in [2.45, 2.75) is 45.3 Å². The van der Waals surface area contributed by atoms with Gasteiger partial charge in [0.15, 0.2) is 0 Å². The van der Waals surface area contributed by atoms with Crippen LogP contribution >= 0.6 is 11.6 Å². The summed E-state index contributed by atoms with van der Waals surface area (Å²) in [4.78, 5) is 0. The van der Waals surface area contributed by atoms with Crippen LogP contribution in [0.2, 0.25) is 5.02 Å². The zero-order valence-electron chi connectivity index (χ0n) is 13.0. The third-order valence-corrected chi connectivity index (χ3v) is 5.06. The Kier molecular flexibility index (Phi) is 5.23. The van der Waals surface area contributed by atoms with Crippen LogP contribution < -0.4 is 4.74 Å². The number of halogens is 1. The summed E-state index contributed by atoms with van der Waals surface area (Å²) in [6.45, 7) is 8.30. The van der Waals surface area contributed by atoms with Crippen molar-refractivity contribution in [3.63, 3.8) is 0 Å². The third kappa shape index (κ3) is 4.90. The molecule has 0 amide bonds. The Morgan fingerprint density at radius 1 is 1.43 bits per heavy atom. The van der Waals surface area contributed by atoms with Crippen molar-refractivity contribution in [3.8, 4) is 5.75 Å². The van der Waals surface area contributed by atoms with Crippen molar-refractivity contribution >= 4 is 28.7 Å². The fourth-order valence-electron chi connectivity index (χ4n) is 1.65. The maximum Gasteiger partial charge on any atom is 0.144 e. The van der Waals surface area contributed by atoms with E-state index in [0.29, 0.717) is 23.3 Å². The summed E-state index contributed by atoms with van der Waals surface area (Å²) < 4.78 is 21.8. The number of hydrogen-bond acceptors (Lipinski definition) is 3. The largest absolute Gasteiger partial charge is 0.591 e. The Morgan fingerprint density at radius 3 is 2.67 bits per heavy atom. The van der Waals surface area contributed by atoms with Crippen molar-refractivity contribution in [1.29, 1.82) is 0 Å². The van der Waals surface area contributed by atoms with Crippen LogP contribution in [0.4, 0.5) is 0 Å². The summed E-state index contributed by atoms with van der Waals surface area (Å²) in [6, 6.07) is 5.56. The van der Waals surface area contributed by atoms with Crippen molar-refractivity contribution in [2.75, 3.05) is 6.61 Å². The Balaban J connectivity index is 2.14. The van der Waals surface area contributed by atoms with Crippen LogP contribution in [0.3, 0.4) is 0 Å². The summed E-state index contributed by atoms with van der Waals surface area (Å²) >= 11 is 4.89. The van der Waals surface area contributed by atoms with Gasteiger partial charge in [-0.15, -0.1) is 0 Å². The minimum absolute atomic E-state index is 0.362. The SMILES string of the molecule is C/C(=N/[S+]([O-])C(C)(C)C)c1ccc(Cl)c(OCC2CC2)c1. The molecule has 0 saturated heterocycles. The summed E-state index contributed by atoms with van der Waals surface area (Å²) in [5, 5.41) is 0.601. The van der Waals surface area contributed by atoms with Gasteiger partial charge in [0.25, 0.3) is 0 Å². The monoisotopic (exact) mass is 327 g/mol. The molecular weight excluding hydrogens is 306 g/mol. The fraction of sp³-hybridized carbons (Fsp3) is 0.562. The molecule has 3 nitrogen and oxygen atoms in total. The van der Waals surface area contributed by atoms with E-state index in [1.165, 1.54) is 12.8 Å². The van der Waals surface area contributed by atoms with Crippen LogP contribution in [-0.4, -0.2) is 21.6 Å². The minimum atomic E-state index is -1.27. The number of rotatable bonds is 5. The van der Waals surface area contributed by atoms with E-state index >= 15 is 0 Å². The van der Waals surface area contributed by atoms with Crippen LogP contribution in [0, 0.1) is 5.92 Å². The fourth-order valence-corrected chi connectivity index (χ4v) is 2.45. The molecule has 1 aromatic rings. The van der Waals surface area contributed by atoms with Crippen molar-refractivity contribution in [1.82, 2.24) is 0 Å². The lowest BCUT2D eigenvalue weighted by molar-refractivity contribution is 0.300. The first-order valence-electron chi connectivity index (χ1n) is 7.17. The molecule has 0 bridgehead atoms. The molecule has 0 aromatic heterocycles. The van der Waals surface area contributed by atoms with Gasteiger partial charge >= 0.3 is 0 Å². The van der Waals surface area contributed by atoms with Gasteiger partial charge in [-0.1, -0.05) is 22.1 Å².